The van der Waals surface area contributed by atoms with E-state index in [2.05, 4.69) is 17.4 Å². The van der Waals surface area contributed by atoms with Crippen LogP contribution in [0.4, 0.5) is 4.79 Å². The largest absolute Gasteiger partial charge is 0.480 e. The molecule has 2 atom stereocenters. The highest BCUT2D eigenvalue weighted by molar-refractivity contribution is 5.89. The second kappa shape index (κ2) is 9.25. The van der Waals surface area contributed by atoms with Crippen LogP contribution in [0.2, 0.25) is 0 Å². The van der Waals surface area contributed by atoms with Gasteiger partial charge >= 0.3 is 12.1 Å². The number of nitrogens with one attached hydrogen (secondary N) is 1. The SMILES string of the molecule is CC(NC(=O)OCC1c2ccccc2-c2ccccc21)C(=O)N1Cc2ccccc2C[C@@H]1C(=O)O. The van der Waals surface area contributed by atoms with E-state index in [0.717, 1.165) is 33.4 Å². The Balaban J connectivity index is 1.24. The summed E-state index contributed by atoms with van der Waals surface area (Å²) < 4.78 is 5.54. The van der Waals surface area contributed by atoms with E-state index < -0.39 is 30.1 Å². The lowest BCUT2D eigenvalue weighted by atomic mass is 9.93. The van der Waals surface area contributed by atoms with Crippen LogP contribution in [0.3, 0.4) is 0 Å². The molecule has 35 heavy (non-hydrogen) atoms. The van der Waals surface area contributed by atoms with Gasteiger partial charge in [0.2, 0.25) is 5.91 Å². The maximum Gasteiger partial charge on any atom is 0.407 e. The molecule has 7 nitrogen and oxygen atoms in total. The summed E-state index contributed by atoms with van der Waals surface area (Å²) in [6, 6.07) is 21.7. The zero-order valence-electron chi connectivity index (χ0n) is 19.3. The summed E-state index contributed by atoms with van der Waals surface area (Å²) in [6.07, 6.45) is -0.480. The average molecular weight is 471 g/mol. The van der Waals surface area contributed by atoms with Crippen molar-refractivity contribution in [1.82, 2.24) is 10.2 Å². The van der Waals surface area contributed by atoms with Crippen molar-refractivity contribution < 1.29 is 24.2 Å². The Morgan fingerprint density at radius 2 is 1.51 bits per heavy atom. The minimum Gasteiger partial charge on any atom is -0.480 e. The lowest BCUT2D eigenvalue weighted by Crippen LogP contribution is -2.54. The maximum absolute atomic E-state index is 13.1. The van der Waals surface area contributed by atoms with E-state index in [1.54, 1.807) is 6.92 Å². The fraction of sp³-hybridized carbons (Fsp3) is 0.250. The number of nitrogens with zero attached hydrogens (tertiary/aromatic N) is 1. The fourth-order valence-corrected chi connectivity index (χ4v) is 5.10. The van der Waals surface area contributed by atoms with Crippen molar-refractivity contribution in [3.63, 3.8) is 0 Å². The Labute approximate surface area is 203 Å². The molecule has 0 bridgehead atoms. The Hall–Kier alpha value is -4.13. The van der Waals surface area contributed by atoms with E-state index in [9.17, 15) is 19.5 Å². The van der Waals surface area contributed by atoms with Crippen molar-refractivity contribution >= 4 is 18.0 Å². The quantitative estimate of drug-likeness (QED) is 0.589. The third-order valence-corrected chi connectivity index (χ3v) is 6.87. The van der Waals surface area contributed by atoms with Crippen LogP contribution >= 0.6 is 0 Å². The highest BCUT2D eigenvalue weighted by atomic mass is 16.5. The van der Waals surface area contributed by atoms with Crippen molar-refractivity contribution in [3.8, 4) is 11.1 Å². The molecule has 0 aromatic heterocycles. The maximum atomic E-state index is 13.1. The number of carboxylic acids is 1. The van der Waals surface area contributed by atoms with Crippen LogP contribution < -0.4 is 5.32 Å². The summed E-state index contributed by atoms with van der Waals surface area (Å²) in [7, 11) is 0. The van der Waals surface area contributed by atoms with Gasteiger partial charge < -0.3 is 20.1 Å². The summed E-state index contributed by atoms with van der Waals surface area (Å²) in [6.45, 7) is 1.86. The van der Waals surface area contributed by atoms with Gasteiger partial charge in [-0.1, -0.05) is 72.8 Å². The number of carbonyl (C=O) groups excluding carboxylic acids is 2. The van der Waals surface area contributed by atoms with Crippen molar-refractivity contribution in [2.45, 2.75) is 37.9 Å². The van der Waals surface area contributed by atoms with Crippen LogP contribution in [0.25, 0.3) is 11.1 Å². The molecule has 7 heteroatoms. The van der Waals surface area contributed by atoms with Gasteiger partial charge in [0.15, 0.2) is 0 Å². The van der Waals surface area contributed by atoms with E-state index in [4.69, 9.17) is 4.74 Å². The molecular weight excluding hydrogens is 444 g/mol. The number of fused-ring (bicyclic) bond motifs is 4. The molecule has 2 N–H and O–H groups in total. The molecule has 0 radical (unpaired) electrons. The molecule has 0 fully saturated rings. The number of alkyl carbamates (subject to hydrolysis) is 1. The number of ether oxygens (including phenoxy) is 1. The minimum atomic E-state index is -1.07. The zero-order valence-corrected chi connectivity index (χ0v) is 19.3. The molecule has 0 saturated carbocycles. The smallest absolute Gasteiger partial charge is 0.407 e. The third kappa shape index (κ3) is 4.25. The average Bonchev–Trinajstić information content (AvgIpc) is 3.19. The van der Waals surface area contributed by atoms with Gasteiger partial charge in [-0.15, -0.1) is 0 Å². The lowest BCUT2D eigenvalue weighted by molar-refractivity contribution is -0.152. The van der Waals surface area contributed by atoms with E-state index >= 15 is 0 Å². The van der Waals surface area contributed by atoms with Gasteiger partial charge in [-0.3, -0.25) is 4.79 Å². The van der Waals surface area contributed by atoms with Gasteiger partial charge in [-0.05, 0) is 40.3 Å². The van der Waals surface area contributed by atoms with E-state index in [0.29, 0.717) is 0 Å². The molecule has 178 valence electrons. The van der Waals surface area contributed by atoms with Crippen molar-refractivity contribution in [3.05, 3.63) is 95.1 Å². The van der Waals surface area contributed by atoms with Crippen molar-refractivity contribution in [2.24, 2.45) is 0 Å². The predicted molar refractivity (Wildman–Crippen MR) is 130 cm³/mol. The number of amides is 2. The van der Waals surface area contributed by atoms with Gasteiger partial charge in [0.05, 0.1) is 0 Å². The van der Waals surface area contributed by atoms with E-state index in [1.165, 1.54) is 4.90 Å². The second-order valence-electron chi connectivity index (χ2n) is 8.98. The monoisotopic (exact) mass is 470 g/mol. The molecular formula is C28H26N2O5. The van der Waals surface area contributed by atoms with Gasteiger partial charge in [0, 0.05) is 18.9 Å². The first kappa shape index (κ1) is 22.7. The van der Waals surface area contributed by atoms with Gasteiger partial charge in [-0.2, -0.15) is 0 Å². The normalized spacial score (nSPS) is 17.1. The predicted octanol–water partition coefficient (Wildman–Crippen LogP) is 3.95. The highest BCUT2D eigenvalue weighted by Crippen LogP contribution is 2.44. The number of carboxylic acid groups (broad SMARTS) is 1. The molecule has 5 rings (SSSR count). The molecule has 1 aliphatic heterocycles. The van der Waals surface area contributed by atoms with Crippen molar-refractivity contribution in [2.75, 3.05) is 6.61 Å². The Morgan fingerprint density at radius 1 is 0.943 bits per heavy atom. The first-order valence-electron chi connectivity index (χ1n) is 11.7. The Bertz CT molecular complexity index is 1260. The molecule has 3 aromatic rings. The Kier molecular flexibility index (Phi) is 5.99. The van der Waals surface area contributed by atoms with E-state index in [1.807, 2.05) is 60.7 Å². The summed E-state index contributed by atoms with van der Waals surface area (Å²) in [5.74, 6) is -1.62. The molecule has 0 spiro atoms. The van der Waals surface area contributed by atoms with Crippen LogP contribution in [0, 0.1) is 0 Å². The lowest BCUT2D eigenvalue weighted by Gasteiger charge is -2.36. The van der Waals surface area contributed by atoms with E-state index in [-0.39, 0.29) is 25.5 Å². The number of benzene rings is 3. The number of carbonyl (C=O) groups is 3. The summed E-state index contributed by atoms with van der Waals surface area (Å²) in [4.78, 5) is 38.9. The van der Waals surface area contributed by atoms with Crippen LogP contribution in [-0.4, -0.2) is 46.7 Å². The Morgan fingerprint density at radius 3 is 2.14 bits per heavy atom. The minimum absolute atomic E-state index is 0.0888. The summed E-state index contributed by atoms with van der Waals surface area (Å²) >= 11 is 0. The number of aliphatic carboxylic acids is 1. The molecule has 0 saturated heterocycles. The molecule has 3 aromatic carbocycles. The second-order valence-corrected chi connectivity index (χ2v) is 8.98. The van der Waals surface area contributed by atoms with Gasteiger partial charge in [0.25, 0.3) is 0 Å². The zero-order chi connectivity index (χ0) is 24.5. The molecule has 2 aliphatic rings. The highest BCUT2D eigenvalue weighted by Gasteiger charge is 2.37. The van der Waals surface area contributed by atoms with Crippen molar-refractivity contribution in [1.29, 1.82) is 0 Å². The van der Waals surface area contributed by atoms with Crippen LogP contribution in [0.15, 0.2) is 72.8 Å². The first-order valence-corrected chi connectivity index (χ1v) is 11.7. The van der Waals surface area contributed by atoms with Crippen LogP contribution in [0.1, 0.15) is 35.1 Å². The first-order chi connectivity index (χ1) is 16.9. The van der Waals surface area contributed by atoms with Gasteiger partial charge in [0.1, 0.15) is 18.7 Å². The molecule has 1 unspecified atom stereocenters. The molecule has 1 heterocycles. The van der Waals surface area contributed by atoms with Crippen LogP contribution in [0.5, 0.6) is 0 Å². The number of hydrogen-bond acceptors (Lipinski definition) is 4. The fourth-order valence-electron chi connectivity index (χ4n) is 5.10. The summed E-state index contributed by atoms with van der Waals surface area (Å²) in [5.41, 5.74) is 6.29. The third-order valence-electron chi connectivity index (χ3n) is 6.87. The van der Waals surface area contributed by atoms with Gasteiger partial charge in [-0.25, -0.2) is 9.59 Å². The van der Waals surface area contributed by atoms with Crippen LogP contribution in [-0.2, 0) is 27.3 Å². The summed E-state index contributed by atoms with van der Waals surface area (Å²) in [5, 5.41) is 12.3. The molecule has 1 aliphatic carbocycles. The number of hydrogen-bond donors (Lipinski definition) is 2. The topological polar surface area (TPSA) is 95.9 Å². The molecule has 2 amide bonds. The number of rotatable bonds is 5. The standard InChI is InChI=1S/C28H26N2O5/c1-17(26(31)30-15-19-9-3-2-8-18(19)14-25(30)27(32)33)29-28(34)35-16-24-22-12-6-4-10-20(22)21-11-5-7-13-23(21)24/h2-13,17,24-25H,14-16H2,1H3,(H,29,34)(H,32,33)/t17?,25-/m1/s1.